The molecule has 1 aromatic heterocycles. The number of likely N-dealkylation sites (tertiary alicyclic amines) is 2. The number of carbonyl (C=O) groups is 3. The van der Waals surface area contributed by atoms with Gasteiger partial charge < -0.3 is 15.1 Å². The molecule has 35 heavy (non-hydrogen) atoms. The molecule has 7 nitrogen and oxygen atoms in total. The van der Waals surface area contributed by atoms with Gasteiger partial charge in [0.05, 0.1) is 5.92 Å². The van der Waals surface area contributed by atoms with Gasteiger partial charge in [0.25, 0.3) is 5.91 Å². The van der Waals surface area contributed by atoms with E-state index in [1.54, 1.807) is 47.5 Å². The molecule has 1 aliphatic carbocycles. The summed E-state index contributed by atoms with van der Waals surface area (Å²) in [5.41, 5.74) is 0.521. The van der Waals surface area contributed by atoms with Gasteiger partial charge in [-0.25, -0.2) is 4.98 Å². The number of carbonyl (C=O) groups excluding carboxylic acids is 3. The molecule has 3 fully saturated rings. The molecule has 2 saturated heterocycles. The highest BCUT2D eigenvalue weighted by Gasteiger charge is 2.49. The lowest BCUT2D eigenvalue weighted by atomic mass is 9.84. The molecule has 3 amide bonds. The Bertz CT molecular complexity index is 1090. The van der Waals surface area contributed by atoms with Crippen LogP contribution in [0.15, 0.2) is 48.7 Å². The highest BCUT2D eigenvalue weighted by molar-refractivity contribution is 6.31. The van der Waals surface area contributed by atoms with Crippen LogP contribution in [0.2, 0.25) is 5.02 Å². The third-order valence-electron chi connectivity index (χ3n) is 7.70. The number of rotatable bonds is 4. The number of piperidine rings is 1. The number of fused-ring (bicyclic) bond motifs is 1. The highest BCUT2D eigenvalue weighted by atomic mass is 35.5. The summed E-state index contributed by atoms with van der Waals surface area (Å²) >= 11 is 6.17. The molecule has 3 heterocycles. The largest absolute Gasteiger partial charge is 0.340 e. The Kier molecular flexibility index (Phi) is 7.04. The Morgan fingerprint density at radius 3 is 2.66 bits per heavy atom. The van der Waals surface area contributed by atoms with Crippen molar-refractivity contribution in [1.82, 2.24) is 14.8 Å². The maximum Gasteiger partial charge on any atom is 0.254 e. The lowest BCUT2D eigenvalue weighted by Gasteiger charge is -2.37. The Balaban J connectivity index is 1.33. The number of benzene rings is 1. The molecule has 5 rings (SSSR count). The van der Waals surface area contributed by atoms with E-state index in [2.05, 4.69) is 10.3 Å². The summed E-state index contributed by atoms with van der Waals surface area (Å²) in [5.74, 6) is 0.281. The Hall–Kier alpha value is -2.93. The number of amides is 3. The van der Waals surface area contributed by atoms with E-state index in [4.69, 9.17) is 11.6 Å². The zero-order valence-electron chi connectivity index (χ0n) is 19.7. The maximum absolute atomic E-state index is 13.8. The molecule has 1 saturated carbocycles. The first-order valence-electron chi connectivity index (χ1n) is 12.6. The van der Waals surface area contributed by atoms with E-state index in [1.165, 1.54) is 0 Å². The predicted molar refractivity (Wildman–Crippen MR) is 134 cm³/mol. The maximum atomic E-state index is 13.8. The SMILES string of the molecule is O=C(Nc1ccccn1)C1CCCN(C(=O)[C@@H]2C[C@@H]3CCCC[C@@H]3N2C(=O)c2cccc(Cl)c2)C1. The van der Waals surface area contributed by atoms with Crippen molar-refractivity contribution in [1.29, 1.82) is 0 Å². The summed E-state index contributed by atoms with van der Waals surface area (Å²) in [6.45, 7) is 0.972. The second kappa shape index (κ2) is 10.4. The lowest BCUT2D eigenvalue weighted by molar-refractivity contribution is -0.138. The number of nitrogens with one attached hydrogen (secondary N) is 1. The molecule has 4 atom stereocenters. The van der Waals surface area contributed by atoms with Gasteiger partial charge in [-0.2, -0.15) is 0 Å². The van der Waals surface area contributed by atoms with E-state index >= 15 is 0 Å². The number of nitrogens with zero attached hydrogens (tertiary/aromatic N) is 3. The van der Waals surface area contributed by atoms with Gasteiger partial charge in [-0.3, -0.25) is 14.4 Å². The van der Waals surface area contributed by atoms with Crippen LogP contribution in [0.5, 0.6) is 0 Å². The highest BCUT2D eigenvalue weighted by Crippen LogP contribution is 2.41. The van der Waals surface area contributed by atoms with E-state index in [1.807, 2.05) is 11.0 Å². The van der Waals surface area contributed by atoms with Crippen molar-refractivity contribution in [2.45, 2.75) is 57.0 Å². The number of halogens is 1. The first-order valence-corrected chi connectivity index (χ1v) is 13.0. The quantitative estimate of drug-likeness (QED) is 0.683. The van der Waals surface area contributed by atoms with Crippen LogP contribution in [0.25, 0.3) is 0 Å². The first-order chi connectivity index (χ1) is 17.0. The summed E-state index contributed by atoms with van der Waals surface area (Å²) in [7, 11) is 0. The topological polar surface area (TPSA) is 82.6 Å². The van der Waals surface area contributed by atoms with Crippen LogP contribution >= 0.6 is 11.6 Å². The van der Waals surface area contributed by atoms with Crippen LogP contribution in [-0.2, 0) is 9.59 Å². The number of anilines is 1. The fourth-order valence-electron chi connectivity index (χ4n) is 6.01. The molecule has 184 valence electrons. The number of aromatic nitrogens is 1. The van der Waals surface area contributed by atoms with Crippen LogP contribution in [0, 0.1) is 11.8 Å². The van der Waals surface area contributed by atoms with Gasteiger partial charge in [0, 0.05) is 35.9 Å². The smallest absolute Gasteiger partial charge is 0.254 e. The molecule has 0 spiro atoms. The van der Waals surface area contributed by atoms with E-state index in [-0.39, 0.29) is 29.7 Å². The van der Waals surface area contributed by atoms with Crippen molar-refractivity contribution < 1.29 is 14.4 Å². The average molecular weight is 495 g/mol. The fourth-order valence-corrected chi connectivity index (χ4v) is 6.20. The van der Waals surface area contributed by atoms with Gasteiger partial charge in [0.15, 0.2) is 0 Å². The van der Waals surface area contributed by atoms with Gasteiger partial charge in [0.1, 0.15) is 11.9 Å². The van der Waals surface area contributed by atoms with Crippen LogP contribution < -0.4 is 5.32 Å². The first kappa shape index (κ1) is 23.8. The molecule has 3 aliphatic rings. The predicted octanol–water partition coefficient (Wildman–Crippen LogP) is 4.39. The summed E-state index contributed by atoms with van der Waals surface area (Å²) in [6.07, 6.45) is 7.99. The molecule has 2 aromatic rings. The van der Waals surface area contributed by atoms with Crippen molar-refractivity contribution in [2.75, 3.05) is 18.4 Å². The lowest BCUT2D eigenvalue weighted by Crippen LogP contribution is -2.53. The zero-order chi connectivity index (χ0) is 24.4. The summed E-state index contributed by atoms with van der Waals surface area (Å²) in [6, 6.07) is 11.9. The van der Waals surface area contributed by atoms with Crippen LogP contribution in [0.1, 0.15) is 55.3 Å². The molecule has 1 unspecified atom stereocenters. The molecule has 0 radical (unpaired) electrons. The van der Waals surface area contributed by atoms with Gasteiger partial charge in [-0.1, -0.05) is 36.6 Å². The van der Waals surface area contributed by atoms with Gasteiger partial charge in [0.2, 0.25) is 11.8 Å². The summed E-state index contributed by atoms with van der Waals surface area (Å²) in [4.78, 5) is 48.2. The van der Waals surface area contributed by atoms with E-state index < -0.39 is 6.04 Å². The monoisotopic (exact) mass is 494 g/mol. The van der Waals surface area contributed by atoms with Crippen molar-refractivity contribution in [2.24, 2.45) is 11.8 Å². The molecule has 1 N–H and O–H groups in total. The Morgan fingerprint density at radius 2 is 1.86 bits per heavy atom. The Morgan fingerprint density at radius 1 is 1.00 bits per heavy atom. The van der Waals surface area contributed by atoms with E-state index in [9.17, 15) is 14.4 Å². The van der Waals surface area contributed by atoms with Crippen molar-refractivity contribution in [3.05, 3.63) is 59.2 Å². The minimum absolute atomic E-state index is 0.0369. The van der Waals surface area contributed by atoms with Gasteiger partial charge >= 0.3 is 0 Å². The van der Waals surface area contributed by atoms with Crippen molar-refractivity contribution in [3.63, 3.8) is 0 Å². The number of pyridine rings is 1. The molecule has 0 bridgehead atoms. The molecule has 1 aromatic carbocycles. The van der Waals surface area contributed by atoms with Gasteiger partial charge in [-0.15, -0.1) is 0 Å². The van der Waals surface area contributed by atoms with Crippen molar-refractivity contribution >= 4 is 35.1 Å². The summed E-state index contributed by atoms with van der Waals surface area (Å²) in [5, 5.41) is 3.38. The normalized spacial score (nSPS) is 26.2. The molecular formula is C27H31ClN4O3. The van der Waals surface area contributed by atoms with E-state index in [0.29, 0.717) is 41.8 Å². The minimum atomic E-state index is -0.493. The average Bonchev–Trinajstić information content (AvgIpc) is 3.28. The third kappa shape index (κ3) is 5.06. The summed E-state index contributed by atoms with van der Waals surface area (Å²) < 4.78 is 0. The number of hydrogen-bond acceptors (Lipinski definition) is 4. The molecule has 8 heteroatoms. The minimum Gasteiger partial charge on any atom is -0.340 e. The van der Waals surface area contributed by atoms with Crippen LogP contribution in [0.3, 0.4) is 0 Å². The standard InChI is InChI=1S/C27H31ClN4O3/c28-21-10-5-8-19(15-21)26(34)32-22-11-2-1-7-18(22)16-23(32)27(35)31-14-6-9-20(17-31)25(33)30-24-12-3-4-13-29-24/h3-5,8,10,12-13,15,18,20,22-23H,1-2,6-7,9,11,14,16-17H2,(H,29,30,33)/t18-,20?,22-,23-/m0/s1. The van der Waals surface area contributed by atoms with Crippen LogP contribution in [0.4, 0.5) is 5.82 Å². The van der Waals surface area contributed by atoms with Crippen molar-refractivity contribution in [3.8, 4) is 0 Å². The van der Waals surface area contributed by atoms with Gasteiger partial charge in [-0.05, 0) is 68.4 Å². The molecular weight excluding hydrogens is 464 g/mol. The third-order valence-corrected chi connectivity index (χ3v) is 7.93. The molecule has 2 aliphatic heterocycles. The second-order valence-electron chi connectivity index (χ2n) is 9.91. The Labute approximate surface area is 210 Å². The zero-order valence-corrected chi connectivity index (χ0v) is 20.5. The fraction of sp³-hybridized carbons (Fsp3) is 0.481. The second-order valence-corrected chi connectivity index (χ2v) is 10.4. The number of hydrogen-bond donors (Lipinski definition) is 1. The van der Waals surface area contributed by atoms with E-state index in [0.717, 1.165) is 38.5 Å². The van der Waals surface area contributed by atoms with Crippen LogP contribution in [-0.4, -0.2) is 57.7 Å².